The van der Waals surface area contributed by atoms with Crippen LogP contribution in [-0.4, -0.2) is 37.1 Å². The Bertz CT molecular complexity index is 406. The first kappa shape index (κ1) is 10.8. The van der Waals surface area contributed by atoms with Gasteiger partial charge in [0.2, 0.25) is 5.95 Å². The van der Waals surface area contributed by atoms with E-state index < -0.39 is 11.9 Å². The number of aromatic nitrogens is 1. The normalized spacial score (nSPS) is 15.4. The molecule has 1 amide bonds. The molecule has 1 saturated heterocycles. The third-order valence-electron chi connectivity index (χ3n) is 2.45. The van der Waals surface area contributed by atoms with Crippen molar-refractivity contribution in [2.24, 2.45) is 0 Å². The van der Waals surface area contributed by atoms with E-state index in [1.807, 2.05) is 0 Å². The number of anilines is 1. The zero-order valence-corrected chi connectivity index (χ0v) is 8.88. The van der Waals surface area contributed by atoms with Gasteiger partial charge in [0, 0.05) is 20.1 Å². The van der Waals surface area contributed by atoms with Crippen molar-refractivity contribution < 1.29 is 9.18 Å². The highest BCUT2D eigenvalue weighted by Gasteiger charge is 2.18. The SMILES string of the molecule is CNC(=O)c1ccc(NC2CNC2)c(F)n1. The van der Waals surface area contributed by atoms with Crippen molar-refractivity contribution >= 4 is 11.6 Å². The van der Waals surface area contributed by atoms with Gasteiger partial charge in [0.15, 0.2) is 0 Å². The molecule has 0 spiro atoms. The van der Waals surface area contributed by atoms with E-state index >= 15 is 0 Å². The van der Waals surface area contributed by atoms with E-state index in [-0.39, 0.29) is 11.7 Å². The summed E-state index contributed by atoms with van der Waals surface area (Å²) in [6.07, 6.45) is 0. The van der Waals surface area contributed by atoms with E-state index in [4.69, 9.17) is 0 Å². The summed E-state index contributed by atoms with van der Waals surface area (Å²) in [6, 6.07) is 3.27. The van der Waals surface area contributed by atoms with Gasteiger partial charge in [0.25, 0.3) is 5.91 Å². The van der Waals surface area contributed by atoms with E-state index in [1.54, 1.807) is 0 Å². The van der Waals surface area contributed by atoms with Crippen LogP contribution in [0.1, 0.15) is 10.5 Å². The largest absolute Gasteiger partial charge is 0.376 e. The van der Waals surface area contributed by atoms with Crippen LogP contribution in [0.2, 0.25) is 0 Å². The lowest BCUT2D eigenvalue weighted by atomic mass is 10.2. The molecule has 1 aliphatic heterocycles. The molecule has 2 rings (SSSR count). The summed E-state index contributed by atoms with van der Waals surface area (Å²) in [5, 5.41) is 8.46. The molecule has 6 heteroatoms. The Balaban J connectivity index is 2.12. The van der Waals surface area contributed by atoms with Crippen molar-refractivity contribution in [3.05, 3.63) is 23.8 Å². The van der Waals surface area contributed by atoms with Gasteiger partial charge in [0.05, 0.1) is 11.7 Å². The Hall–Kier alpha value is -1.69. The van der Waals surface area contributed by atoms with E-state index in [9.17, 15) is 9.18 Å². The highest BCUT2D eigenvalue weighted by atomic mass is 19.1. The molecular weight excluding hydrogens is 211 g/mol. The Kier molecular flexibility index (Phi) is 3.00. The van der Waals surface area contributed by atoms with Crippen LogP contribution in [0.4, 0.5) is 10.1 Å². The van der Waals surface area contributed by atoms with Crippen molar-refractivity contribution in [1.29, 1.82) is 0 Å². The number of carbonyl (C=O) groups is 1. The molecule has 2 heterocycles. The van der Waals surface area contributed by atoms with Gasteiger partial charge in [-0.3, -0.25) is 4.79 Å². The lowest BCUT2D eigenvalue weighted by molar-refractivity contribution is 0.0957. The first-order valence-corrected chi connectivity index (χ1v) is 5.06. The monoisotopic (exact) mass is 224 g/mol. The van der Waals surface area contributed by atoms with E-state index in [1.165, 1.54) is 19.2 Å². The van der Waals surface area contributed by atoms with Crippen LogP contribution in [0.25, 0.3) is 0 Å². The number of nitrogens with zero attached hydrogens (tertiary/aromatic N) is 1. The molecule has 3 N–H and O–H groups in total. The fourth-order valence-corrected chi connectivity index (χ4v) is 1.41. The summed E-state index contributed by atoms with van der Waals surface area (Å²) in [4.78, 5) is 14.8. The summed E-state index contributed by atoms with van der Waals surface area (Å²) in [5.74, 6) is -1.04. The second-order valence-electron chi connectivity index (χ2n) is 3.61. The first-order valence-electron chi connectivity index (χ1n) is 5.06. The molecule has 0 atom stereocenters. The van der Waals surface area contributed by atoms with E-state index in [2.05, 4.69) is 20.9 Å². The van der Waals surface area contributed by atoms with Crippen molar-refractivity contribution in [2.75, 3.05) is 25.5 Å². The standard InChI is InChI=1S/C10H13FN4O/c1-12-10(16)8-3-2-7(9(11)15-8)14-6-4-13-5-6/h2-3,6,13-14H,4-5H2,1H3,(H,12,16). The average molecular weight is 224 g/mol. The van der Waals surface area contributed by atoms with Gasteiger partial charge in [0.1, 0.15) is 5.69 Å². The van der Waals surface area contributed by atoms with Gasteiger partial charge in [-0.05, 0) is 12.1 Å². The molecule has 1 aromatic heterocycles. The third-order valence-corrected chi connectivity index (χ3v) is 2.45. The van der Waals surface area contributed by atoms with Crippen LogP contribution in [0.5, 0.6) is 0 Å². The molecule has 0 aromatic carbocycles. The van der Waals surface area contributed by atoms with Crippen molar-refractivity contribution in [1.82, 2.24) is 15.6 Å². The molecule has 0 aliphatic carbocycles. The summed E-state index contributed by atoms with van der Waals surface area (Å²) in [7, 11) is 1.48. The Morgan fingerprint density at radius 2 is 2.31 bits per heavy atom. The van der Waals surface area contributed by atoms with E-state index in [0.29, 0.717) is 5.69 Å². The summed E-state index contributed by atoms with van der Waals surface area (Å²) in [5.41, 5.74) is 0.413. The average Bonchev–Trinajstić information content (AvgIpc) is 2.23. The molecule has 1 fully saturated rings. The van der Waals surface area contributed by atoms with Crippen LogP contribution in [-0.2, 0) is 0 Å². The van der Waals surface area contributed by atoms with E-state index in [0.717, 1.165) is 13.1 Å². The second-order valence-corrected chi connectivity index (χ2v) is 3.61. The highest BCUT2D eigenvalue weighted by molar-refractivity contribution is 5.92. The second kappa shape index (κ2) is 4.44. The maximum atomic E-state index is 13.5. The molecule has 0 unspecified atom stereocenters. The molecule has 5 nitrogen and oxygen atoms in total. The maximum Gasteiger partial charge on any atom is 0.269 e. The number of pyridine rings is 1. The molecule has 1 aromatic rings. The molecule has 86 valence electrons. The number of hydrogen-bond donors (Lipinski definition) is 3. The smallest absolute Gasteiger partial charge is 0.269 e. The predicted octanol–water partition coefficient (Wildman–Crippen LogP) is -0.0360. The molecule has 0 bridgehead atoms. The Morgan fingerprint density at radius 3 is 2.81 bits per heavy atom. The number of carbonyl (C=O) groups excluding carboxylic acids is 1. The van der Waals surface area contributed by atoms with Crippen LogP contribution in [0.15, 0.2) is 12.1 Å². The number of halogens is 1. The zero-order chi connectivity index (χ0) is 11.5. The van der Waals surface area contributed by atoms with Crippen molar-refractivity contribution in [3.8, 4) is 0 Å². The van der Waals surface area contributed by atoms with Crippen molar-refractivity contribution in [3.63, 3.8) is 0 Å². The third kappa shape index (κ3) is 2.11. The Morgan fingerprint density at radius 1 is 1.56 bits per heavy atom. The minimum Gasteiger partial charge on any atom is -0.376 e. The molecule has 0 radical (unpaired) electrons. The highest BCUT2D eigenvalue weighted by Crippen LogP contribution is 2.14. The summed E-state index contributed by atoms with van der Waals surface area (Å²) < 4.78 is 13.5. The van der Waals surface area contributed by atoms with Crippen LogP contribution in [0, 0.1) is 5.95 Å². The molecule has 1 aliphatic rings. The summed E-state index contributed by atoms with van der Waals surface area (Å²) in [6.45, 7) is 1.63. The van der Waals surface area contributed by atoms with Crippen LogP contribution < -0.4 is 16.0 Å². The number of amides is 1. The minimum atomic E-state index is -0.645. The first-order chi connectivity index (χ1) is 7.70. The van der Waals surface area contributed by atoms with Crippen molar-refractivity contribution in [2.45, 2.75) is 6.04 Å². The van der Waals surface area contributed by atoms with Gasteiger partial charge in [-0.25, -0.2) is 4.98 Å². The number of hydrogen-bond acceptors (Lipinski definition) is 4. The Labute approximate surface area is 92.4 Å². The number of nitrogens with one attached hydrogen (secondary N) is 3. The van der Waals surface area contributed by atoms with Gasteiger partial charge >= 0.3 is 0 Å². The quantitative estimate of drug-likeness (QED) is 0.630. The predicted molar refractivity (Wildman–Crippen MR) is 57.9 cm³/mol. The fraction of sp³-hybridized carbons (Fsp3) is 0.400. The molecule has 0 saturated carbocycles. The maximum absolute atomic E-state index is 13.5. The lowest BCUT2D eigenvalue weighted by Gasteiger charge is -2.28. The van der Waals surface area contributed by atoms with Gasteiger partial charge in [-0.2, -0.15) is 4.39 Å². The van der Waals surface area contributed by atoms with Gasteiger partial charge in [-0.1, -0.05) is 0 Å². The zero-order valence-electron chi connectivity index (χ0n) is 8.88. The van der Waals surface area contributed by atoms with Gasteiger partial charge < -0.3 is 16.0 Å². The van der Waals surface area contributed by atoms with Crippen LogP contribution in [0.3, 0.4) is 0 Å². The molecular formula is C10H13FN4O. The molecule has 16 heavy (non-hydrogen) atoms. The fourth-order valence-electron chi connectivity index (χ4n) is 1.41. The number of rotatable bonds is 3. The minimum absolute atomic E-state index is 0.0808. The lowest BCUT2D eigenvalue weighted by Crippen LogP contribution is -2.51. The van der Waals surface area contributed by atoms with Crippen LogP contribution >= 0.6 is 0 Å². The van der Waals surface area contributed by atoms with Gasteiger partial charge in [-0.15, -0.1) is 0 Å². The summed E-state index contributed by atoms with van der Waals surface area (Å²) >= 11 is 0. The topological polar surface area (TPSA) is 66.1 Å².